The standard InChI is InChI=1S/C28H15F14N3O5S/c1-23(29,25(32,33)34)24(30,31)26(35,36)51(46,47)50-19-4-2-3-16(13-19)22-44-20(14-5-9-17(10-6-14)48-27(37,38)39)43-21(45-22)15-7-11-18(12-8-15)49-28(40,41)42/h2-13H,1H3. The molecule has 3 aromatic carbocycles. The molecule has 1 atom stereocenters. The topological polar surface area (TPSA) is 101 Å². The van der Waals surface area contributed by atoms with Gasteiger partial charge in [-0.2, -0.15) is 39.2 Å². The third-order valence-electron chi connectivity index (χ3n) is 6.43. The zero-order valence-electron chi connectivity index (χ0n) is 24.5. The lowest BCUT2D eigenvalue weighted by Crippen LogP contribution is -2.64. The highest BCUT2D eigenvalue weighted by atomic mass is 32.2. The lowest BCUT2D eigenvalue weighted by atomic mass is 9.99. The normalized spacial score (nSPS) is 14.5. The van der Waals surface area contributed by atoms with Crippen molar-refractivity contribution >= 4 is 10.1 Å². The van der Waals surface area contributed by atoms with Crippen LogP contribution in [0.4, 0.5) is 61.5 Å². The summed E-state index contributed by atoms with van der Waals surface area (Å²) in [5.74, 6) is -10.8. The van der Waals surface area contributed by atoms with E-state index in [2.05, 4.69) is 28.6 Å². The van der Waals surface area contributed by atoms with E-state index in [-0.39, 0.29) is 22.8 Å². The first-order chi connectivity index (χ1) is 23.1. The Morgan fingerprint density at radius 3 is 1.29 bits per heavy atom. The Morgan fingerprint density at radius 2 is 0.922 bits per heavy atom. The van der Waals surface area contributed by atoms with E-state index in [1.807, 2.05) is 0 Å². The van der Waals surface area contributed by atoms with Crippen LogP contribution in [0.1, 0.15) is 6.92 Å². The Morgan fingerprint density at radius 1 is 0.529 bits per heavy atom. The number of nitrogens with zero attached hydrogens (tertiary/aromatic N) is 3. The van der Waals surface area contributed by atoms with Crippen molar-refractivity contribution in [3.05, 3.63) is 72.8 Å². The van der Waals surface area contributed by atoms with Crippen LogP contribution < -0.4 is 13.7 Å². The van der Waals surface area contributed by atoms with E-state index in [0.717, 1.165) is 60.7 Å². The number of hydrogen-bond acceptors (Lipinski definition) is 8. The summed E-state index contributed by atoms with van der Waals surface area (Å²) in [5.41, 5.74) is -6.57. The SMILES string of the molecule is CC(F)(C(F)(F)F)C(F)(F)C(F)(F)S(=O)(=O)Oc1cccc(-c2nc(-c3ccc(OC(F)(F)F)cc3)nc(-c3ccc(OC(F)(F)F)cc3)n2)c1. The molecule has 4 aromatic rings. The van der Waals surface area contributed by atoms with Gasteiger partial charge in [0.25, 0.3) is 5.67 Å². The van der Waals surface area contributed by atoms with Gasteiger partial charge in [-0.25, -0.2) is 19.3 Å². The summed E-state index contributed by atoms with van der Waals surface area (Å²) in [5, 5.41) is -6.81. The third-order valence-corrected chi connectivity index (χ3v) is 7.72. The fourth-order valence-electron chi connectivity index (χ4n) is 3.85. The second-order valence-corrected chi connectivity index (χ2v) is 11.7. The largest absolute Gasteiger partial charge is 0.573 e. The van der Waals surface area contributed by atoms with E-state index in [9.17, 15) is 69.9 Å². The third kappa shape index (κ3) is 8.34. The smallest absolute Gasteiger partial charge is 0.406 e. The Labute approximate surface area is 275 Å². The highest BCUT2D eigenvalue weighted by molar-refractivity contribution is 7.88. The molecule has 0 aliphatic carbocycles. The number of aromatic nitrogens is 3. The number of rotatable bonds is 10. The van der Waals surface area contributed by atoms with Gasteiger partial charge in [0, 0.05) is 16.7 Å². The summed E-state index contributed by atoms with van der Waals surface area (Å²) in [6.45, 7) is -0.999. The maximum absolute atomic E-state index is 14.5. The van der Waals surface area contributed by atoms with Gasteiger partial charge >= 0.3 is 40.2 Å². The molecule has 1 unspecified atom stereocenters. The maximum Gasteiger partial charge on any atom is 0.573 e. The molecule has 0 spiro atoms. The van der Waals surface area contributed by atoms with Crippen LogP contribution in [0.3, 0.4) is 0 Å². The molecule has 8 nitrogen and oxygen atoms in total. The molecule has 0 aliphatic rings. The highest BCUT2D eigenvalue weighted by Gasteiger charge is 2.82. The van der Waals surface area contributed by atoms with Crippen molar-refractivity contribution in [2.45, 2.75) is 42.7 Å². The molecule has 1 heterocycles. The van der Waals surface area contributed by atoms with Crippen LogP contribution in [0.15, 0.2) is 72.8 Å². The summed E-state index contributed by atoms with van der Waals surface area (Å²) in [6.07, 6.45) is -16.8. The van der Waals surface area contributed by atoms with Crippen molar-refractivity contribution < 1.29 is 83.5 Å². The number of benzene rings is 3. The quantitative estimate of drug-likeness (QED) is 0.117. The minimum Gasteiger partial charge on any atom is -0.406 e. The lowest BCUT2D eigenvalue weighted by molar-refractivity contribution is -0.330. The number of alkyl halides is 14. The van der Waals surface area contributed by atoms with Gasteiger partial charge in [0.15, 0.2) is 17.5 Å². The predicted molar refractivity (Wildman–Crippen MR) is 145 cm³/mol. The Bertz CT molecular complexity index is 1900. The van der Waals surface area contributed by atoms with Crippen molar-refractivity contribution in [2.24, 2.45) is 0 Å². The molecular weight excluding hydrogens is 756 g/mol. The molecule has 4 rings (SSSR count). The van der Waals surface area contributed by atoms with Crippen molar-refractivity contribution in [2.75, 3.05) is 0 Å². The van der Waals surface area contributed by atoms with E-state index >= 15 is 0 Å². The van der Waals surface area contributed by atoms with E-state index in [1.165, 1.54) is 0 Å². The summed E-state index contributed by atoms with van der Waals surface area (Å²) >= 11 is 0. The fourth-order valence-corrected chi connectivity index (χ4v) is 4.82. The molecule has 0 N–H and O–H groups in total. The van der Waals surface area contributed by atoms with Gasteiger partial charge in [0.2, 0.25) is 0 Å². The summed E-state index contributed by atoms with van der Waals surface area (Å²) in [6, 6.07) is 10.4. The average Bonchev–Trinajstić information content (AvgIpc) is 2.99. The molecule has 23 heteroatoms. The van der Waals surface area contributed by atoms with Gasteiger partial charge in [-0.3, -0.25) is 0 Å². The van der Waals surface area contributed by atoms with Gasteiger partial charge in [0.05, 0.1) is 0 Å². The molecule has 0 saturated heterocycles. The second-order valence-electron chi connectivity index (χ2n) is 10.1. The maximum atomic E-state index is 14.5. The van der Waals surface area contributed by atoms with Crippen LogP contribution in [-0.2, 0) is 10.1 Å². The first-order valence-corrected chi connectivity index (χ1v) is 14.6. The van der Waals surface area contributed by atoms with Crippen LogP contribution >= 0.6 is 0 Å². The van der Waals surface area contributed by atoms with Crippen molar-refractivity contribution in [3.8, 4) is 51.4 Å². The molecule has 0 bridgehead atoms. The molecule has 0 amide bonds. The minimum atomic E-state index is -7.11. The van der Waals surface area contributed by atoms with Gasteiger partial charge in [0.1, 0.15) is 17.2 Å². The molecule has 0 saturated carbocycles. The van der Waals surface area contributed by atoms with E-state index in [0.29, 0.717) is 12.1 Å². The van der Waals surface area contributed by atoms with Crippen molar-refractivity contribution in [3.63, 3.8) is 0 Å². The minimum absolute atomic E-state index is 0.0535. The van der Waals surface area contributed by atoms with Crippen LogP contribution in [0, 0.1) is 0 Å². The van der Waals surface area contributed by atoms with Gasteiger partial charge < -0.3 is 13.7 Å². The van der Waals surface area contributed by atoms with Crippen LogP contribution in [0.2, 0.25) is 0 Å². The first kappa shape index (κ1) is 38.8. The van der Waals surface area contributed by atoms with E-state index in [4.69, 9.17) is 0 Å². The van der Waals surface area contributed by atoms with Crippen molar-refractivity contribution in [1.82, 2.24) is 15.0 Å². The molecule has 0 radical (unpaired) electrons. The molecular formula is C28H15F14N3O5S. The highest BCUT2D eigenvalue weighted by Crippen LogP contribution is 2.54. The predicted octanol–water partition coefficient (Wildman–Crippen LogP) is 8.90. The second kappa shape index (κ2) is 13.0. The molecule has 276 valence electrons. The zero-order valence-corrected chi connectivity index (χ0v) is 25.3. The Kier molecular flexibility index (Phi) is 9.88. The summed E-state index contributed by atoms with van der Waals surface area (Å²) < 4.78 is 221. The number of ether oxygens (including phenoxy) is 2. The molecule has 0 fully saturated rings. The average molecular weight is 771 g/mol. The number of hydrogen-bond donors (Lipinski definition) is 0. The summed E-state index contributed by atoms with van der Waals surface area (Å²) in [4.78, 5) is 12.2. The zero-order chi connectivity index (χ0) is 38.4. The lowest BCUT2D eigenvalue weighted by Gasteiger charge is -2.35. The van der Waals surface area contributed by atoms with Crippen molar-refractivity contribution in [1.29, 1.82) is 0 Å². The van der Waals surface area contributed by atoms with Gasteiger partial charge in [-0.1, -0.05) is 12.1 Å². The molecule has 1 aromatic heterocycles. The van der Waals surface area contributed by atoms with E-state index < -0.39 is 81.4 Å². The first-order valence-electron chi connectivity index (χ1n) is 13.2. The van der Waals surface area contributed by atoms with Crippen LogP contribution in [0.25, 0.3) is 34.2 Å². The van der Waals surface area contributed by atoms with E-state index in [1.54, 1.807) is 0 Å². The fraction of sp³-hybridized carbons (Fsp3) is 0.250. The van der Waals surface area contributed by atoms with Crippen LogP contribution in [0.5, 0.6) is 17.2 Å². The molecule has 0 aliphatic heterocycles. The molecule has 51 heavy (non-hydrogen) atoms. The van der Waals surface area contributed by atoms with Crippen LogP contribution in [-0.4, -0.2) is 59.1 Å². The van der Waals surface area contributed by atoms with Gasteiger partial charge in [-0.05, 0) is 67.6 Å². The summed E-state index contributed by atoms with van der Waals surface area (Å²) in [7, 11) is -7.11. The monoisotopic (exact) mass is 771 g/mol. The Hall–Kier alpha value is -4.96. The number of halogens is 14. The Balaban J connectivity index is 1.78. The van der Waals surface area contributed by atoms with Gasteiger partial charge in [-0.15, -0.1) is 26.3 Å².